The van der Waals surface area contributed by atoms with E-state index in [1.165, 1.54) is 6.07 Å². The molecule has 1 N–H and O–H groups in total. The zero-order valence-corrected chi connectivity index (χ0v) is 7.14. The summed E-state index contributed by atoms with van der Waals surface area (Å²) in [5.74, 6) is 0. The highest BCUT2D eigenvalue weighted by atomic mass is 16.5. The quantitative estimate of drug-likeness (QED) is 0.626. The summed E-state index contributed by atoms with van der Waals surface area (Å²) in [5, 5.41) is 18.7. The second-order valence-corrected chi connectivity index (χ2v) is 2.85. The maximum absolute atomic E-state index is 11.3. The van der Waals surface area contributed by atoms with Gasteiger partial charge in [0.2, 0.25) is 0 Å². The van der Waals surface area contributed by atoms with Crippen molar-refractivity contribution >= 4 is 10.9 Å². The third-order valence-corrected chi connectivity index (χ3v) is 2.01. The van der Waals surface area contributed by atoms with Gasteiger partial charge in [0.15, 0.2) is 0 Å². The molecule has 0 saturated carbocycles. The van der Waals surface area contributed by atoms with Gasteiger partial charge in [0, 0.05) is 5.39 Å². The molecule has 2 aromatic rings. The van der Waals surface area contributed by atoms with Crippen molar-refractivity contribution in [3.05, 3.63) is 46.2 Å². The minimum absolute atomic E-state index is 0.0637. The van der Waals surface area contributed by atoms with Gasteiger partial charge in [-0.2, -0.15) is 5.26 Å². The summed E-state index contributed by atoms with van der Waals surface area (Å²) in [5.41, 5.74) is -0.353. The minimum atomic E-state index is -0.689. The smallest absolute Gasteiger partial charge is 0.301 e. The van der Waals surface area contributed by atoms with Crippen LogP contribution >= 0.6 is 0 Å². The molecule has 4 heteroatoms. The average molecular weight is 186 g/mol. The topological polar surface area (TPSA) is 66.0 Å². The number of para-hydroxylation sites is 1. The number of hydrogen-bond acceptors (Lipinski definition) is 3. The molecule has 0 atom stereocenters. The van der Waals surface area contributed by atoms with Gasteiger partial charge in [0.1, 0.15) is 11.6 Å². The summed E-state index contributed by atoms with van der Waals surface area (Å²) in [7, 11) is 0. The van der Waals surface area contributed by atoms with E-state index < -0.39 is 5.56 Å². The molecule has 2 rings (SSSR count). The van der Waals surface area contributed by atoms with Crippen molar-refractivity contribution < 1.29 is 5.21 Å². The monoisotopic (exact) mass is 186 g/mol. The fourth-order valence-electron chi connectivity index (χ4n) is 1.32. The summed E-state index contributed by atoms with van der Waals surface area (Å²) in [6.45, 7) is 0. The Labute approximate surface area is 79.2 Å². The lowest BCUT2D eigenvalue weighted by Gasteiger charge is -2.02. The van der Waals surface area contributed by atoms with Crippen LogP contribution in [-0.2, 0) is 0 Å². The SMILES string of the molecule is N#Cc1cc2ccccc2n(O)c1=O. The largest absolute Gasteiger partial charge is 0.425 e. The van der Waals surface area contributed by atoms with Gasteiger partial charge in [-0.15, -0.1) is 4.73 Å². The van der Waals surface area contributed by atoms with Crippen LogP contribution in [0.1, 0.15) is 5.56 Å². The van der Waals surface area contributed by atoms with Gasteiger partial charge in [0.25, 0.3) is 0 Å². The van der Waals surface area contributed by atoms with Gasteiger partial charge >= 0.3 is 5.56 Å². The predicted molar refractivity (Wildman–Crippen MR) is 50.1 cm³/mol. The normalized spacial score (nSPS) is 9.93. The Balaban J connectivity index is 3.01. The molecule has 0 radical (unpaired) electrons. The predicted octanol–water partition coefficient (Wildman–Crippen LogP) is 1.11. The summed E-state index contributed by atoms with van der Waals surface area (Å²) in [6.07, 6.45) is 0. The van der Waals surface area contributed by atoms with Crippen LogP contribution in [0, 0.1) is 11.3 Å². The molecule has 0 aliphatic rings. The number of hydrogen-bond donors (Lipinski definition) is 1. The van der Waals surface area contributed by atoms with Crippen LogP contribution in [0.25, 0.3) is 10.9 Å². The molecule has 68 valence electrons. The van der Waals surface area contributed by atoms with E-state index in [-0.39, 0.29) is 5.56 Å². The molecule has 0 saturated heterocycles. The summed E-state index contributed by atoms with van der Waals surface area (Å²) < 4.78 is 0.494. The van der Waals surface area contributed by atoms with E-state index >= 15 is 0 Å². The Morgan fingerprint density at radius 2 is 2.07 bits per heavy atom. The van der Waals surface area contributed by atoms with Crippen molar-refractivity contribution in [2.24, 2.45) is 0 Å². The fourth-order valence-corrected chi connectivity index (χ4v) is 1.32. The minimum Gasteiger partial charge on any atom is -0.425 e. The molecule has 1 aromatic heterocycles. The van der Waals surface area contributed by atoms with Crippen molar-refractivity contribution in [2.45, 2.75) is 0 Å². The molecule has 0 amide bonds. The van der Waals surface area contributed by atoms with Crippen LogP contribution in [-0.4, -0.2) is 9.94 Å². The lowest BCUT2D eigenvalue weighted by atomic mass is 10.2. The lowest BCUT2D eigenvalue weighted by molar-refractivity contribution is 0.188. The van der Waals surface area contributed by atoms with Gasteiger partial charge in [-0.05, 0) is 12.1 Å². The molecule has 0 fully saturated rings. The summed E-state index contributed by atoms with van der Waals surface area (Å²) in [4.78, 5) is 11.3. The molecule has 0 unspecified atom stereocenters. The van der Waals surface area contributed by atoms with Gasteiger partial charge in [-0.3, -0.25) is 4.79 Å². The lowest BCUT2D eigenvalue weighted by Crippen LogP contribution is -2.20. The zero-order valence-electron chi connectivity index (χ0n) is 7.14. The Morgan fingerprint density at radius 3 is 2.79 bits per heavy atom. The number of aromatic nitrogens is 1. The van der Waals surface area contributed by atoms with E-state index in [0.717, 1.165) is 0 Å². The highest BCUT2D eigenvalue weighted by Gasteiger charge is 2.06. The van der Waals surface area contributed by atoms with Gasteiger partial charge in [0.05, 0.1) is 5.52 Å². The number of benzene rings is 1. The van der Waals surface area contributed by atoms with Crippen molar-refractivity contribution in [3.8, 4) is 6.07 Å². The number of nitrogens with zero attached hydrogens (tertiary/aromatic N) is 2. The molecule has 0 bridgehead atoms. The fraction of sp³-hybridized carbons (Fsp3) is 0. The van der Waals surface area contributed by atoms with Crippen LogP contribution in [0.2, 0.25) is 0 Å². The molecule has 4 nitrogen and oxygen atoms in total. The van der Waals surface area contributed by atoms with E-state index in [1.807, 2.05) is 0 Å². The van der Waals surface area contributed by atoms with E-state index in [9.17, 15) is 10.0 Å². The molecule has 1 heterocycles. The van der Waals surface area contributed by atoms with Crippen molar-refractivity contribution in [3.63, 3.8) is 0 Å². The van der Waals surface area contributed by atoms with Crippen molar-refractivity contribution in [1.29, 1.82) is 5.26 Å². The highest BCUT2D eigenvalue weighted by Crippen LogP contribution is 2.11. The number of fused-ring (bicyclic) bond motifs is 1. The molecule has 1 aromatic carbocycles. The zero-order chi connectivity index (χ0) is 10.1. The Kier molecular flexibility index (Phi) is 1.72. The molecule has 14 heavy (non-hydrogen) atoms. The Bertz CT molecular complexity index is 593. The maximum Gasteiger partial charge on any atom is 0.301 e. The Morgan fingerprint density at radius 1 is 1.36 bits per heavy atom. The van der Waals surface area contributed by atoms with Crippen LogP contribution in [0.5, 0.6) is 0 Å². The molecular weight excluding hydrogens is 180 g/mol. The average Bonchev–Trinajstić information content (AvgIpc) is 2.23. The Hall–Kier alpha value is -2.28. The first-order valence-corrected chi connectivity index (χ1v) is 3.98. The second-order valence-electron chi connectivity index (χ2n) is 2.85. The van der Waals surface area contributed by atoms with Crippen LogP contribution in [0.3, 0.4) is 0 Å². The van der Waals surface area contributed by atoms with E-state index in [1.54, 1.807) is 30.3 Å². The van der Waals surface area contributed by atoms with E-state index in [2.05, 4.69) is 0 Å². The van der Waals surface area contributed by atoms with Crippen LogP contribution in [0.15, 0.2) is 35.1 Å². The highest BCUT2D eigenvalue weighted by molar-refractivity contribution is 5.79. The van der Waals surface area contributed by atoms with Gasteiger partial charge < -0.3 is 5.21 Å². The number of rotatable bonds is 0. The van der Waals surface area contributed by atoms with Crippen molar-refractivity contribution in [2.75, 3.05) is 0 Å². The van der Waals surface area contributed by atoms with Crippen LogP contribution in [0.4, 0.5) is 0 Å². The third kappa shape index (κ3) is 1.04. The molecule has 0 aliphatic carbocycles. The molecular formula is C10H6N2O2. The first kappa shape index (κ1) is 8.32. The first-order valence-electron chi connectivity index (χ1n) is 3.98. The summed E-state index contributed by atoms with van der Waals surface area (Å²) >= 11 is 0. The van der Waals surface area contributed by atoms with Crippen molar-refractivity contribution in [1.82, 2.24) is 4.73 Å². The summed E-state index contributed by atoms with van der Waals surface area (Å²) in [6, 6.07) is 10.0. The third-order valence-electron chi connectivity index (χ3n) is 2.01. The first-order chi connectivity index (χ1) is 6.74. The van der Waals surface area contributed by atoms with Crippen LogP contribution < -0.4 is 5.56 Å². The van der Waals surface area contributed by atoms with E-state index in [0.29, 0.717) is 15.6 Å². The van der Waals surface area contributed by atoms with Gasteiger partial charge in [-0.1, -0.05) is 18.2 Å². The number of pyridine rings is 1. The maximum atomic E-state index is 11.3. The standard InChI is InChI=1S/C10H6N2O2/c11-6-8-5-7-3-1-2-4-9(7)12(14)10(8)13/h1-5,14H. The number of nitriles is 1. The van der Waals surface area contributed by atoms with Gasteiger partial charge in [-0.25, -0.2) is 0 Å². The molecule has 0 aliphatic heterocycles. The van der Waals surface area contributed by atoms with E-state index in [4.69, 9.17) is 5.26 Å². The molecule has 0 spiro atoms. The second kappa shape index (κ2) is 2.89.